The van der Waals surface area contributed by atoms with Crippen molar-refractivity contribution in [3.05, 3.63) is 29.3 Å². The van der Waals surface area contributed by atoms with Crippen LogP contribution >= 0.6 is 0 Å². The van der Waals surface area contributed by atoms with Gasteiger partial charge in [0, 0.05) is 18.2 Å². The Morgan fingerprint density at radius 1 is 1.28 bits per heavy atom. The van der Waals surface area contributed by atoms with Crippen molar-refractivity contribution in [2.45, 2.75) is 46.4 Å². The highest BCUT2D eigenvalue weighted by Gasteiger charge is 2.08. The van der Waals surface area contributed by atoms with Crippen LogP contribution in [0.15, 0.2) is 18.2 Å². The minimum Gasteiger partial charge on any atom is -0.491 e. The predicted molar refractivity (Wildman–Crippen MR) is 72.7 cm³/mol. The first-order chi connectivity index (χ1) is 8.38. The number of nitrogens with one attached hydrogen (secondary N) is 1. The minimum atomic E-state index is -0.435. The largest absolute Gasteiger partial charge is 0.491 e. The number of rotatable bonds is 6. The van der Waals surface area contributed by atoms with Gasteiger partial charge in [-0.1, -0.05) is 13.8 Å². The summed E-state index contributed by atoms with van der Waals surface area (Å²) in [6.45, 7) is 8.73. The lowest BCUT2D eigenvalue weighted by Gasteiger charge is -2.14. The minimum absolute atomic E-state index is 0.0686. The van der Waals surface area contributed by atoms with Crippen LogP contribution in [0.4, 0.5) is 0 Å². The van der Waals surface area contributed by atoms with Gasteiger partial charge in [-0.05, 0) is 37.6 Å². The van der Waals surface area contributed by atoms with Gasteiger partial charge in [0.2, 0.25) is 5.91 Å². The summed E-state index contributed by atoms with van der Waals surface area (Å²) in [7, 11) is 0. The SMILES string of the molecule is CC(C)NCc1cc(OC(C)C)cc(C(N)=O)c1. The number of carbonyl (C=O) groups is 1. The maximum Gasteiger partial charge on any atom is 0.248 e. The van der Waals surface area contributed by atoms with Crippen LogP contribution in [0.2, 0.25) is 0 Å². The molecule has 0 unspecified atom stereocenters. The van der Waals surface area contributed by atoms with E-state index in [1.165, 1.54) is 0 Å². The summed E-state index contributed by atoms with van der Waals surface area (Å²) >= 11 is 0. The smallest absolute Gasteiger partial charge is 0.248 e. The first-order valence-electron chi connectivity index (χ1n) is 6.22. The summed E-state index contributed by atoms with van der Waals surface area (Å²) in [6.07, 6.45) is 0.0686. The molecular weight excluding hydrogens is 228 g/mol. The summed E-state index contributed by atoms with van der Waals surface area (Å²) < 4.78 is 5.62. The average Bonchev–Trinajstić information content (AvgIpc) is 2.25. The molecule has 0 aliphatic rings. The molecule has 1 rings (SSSR count). The normalized spacial score (nSPS) is 11.0. The Hall–Kier alpha value is -1.55. The molecule has 0 bridgehead atoms. The van der Waals surface area contributed by atoms with E-state index in [1.54, 1.807) is 12.1 Å². The van der Waals surface area contributed by atoms with Gasteiger partial charge in [-0.15, -0.1) is 0 Å². The standard InChI is InChI=1S/C14H22N2O2/c1-9(2)16-8-11-5-12(14(15)17)7-13(6-11)18-10(3)4/h5-7,9-10,16H,8H2,1-4H3,(H2,15,17). The van der Waals surface area contributed by atoms with E-state index in [0.717, 1.165) is 5.56 Å². The Kier molecular flexibility index (Phi) is 5.16. The maximum atomic E-state index is 11.3. The molecule has 0 aliphatic carbocycles. The summed E-state index contributed by atoms with van der Waals surface area (Å²) in [6, 6.07) is 5.80. The highest BCUT2D eigenvalue weighted by Crippen LogP contribution is 2.18. The zero-order valence-corrected chi connectivity index (χ0v) is 11.5. The van der Waals surface area contributed by atoms with Crippen LogP contribution in [0.3, 0.4) is 0 Å². The van der Waals surface area contributed by atoms with Gasteiger partial charge in [0.15, 0.2) is 0 Å². The lowest BCUT2D eigenvalue weighted by atomic mass is 10.1. The fraction of sp³-hybridized carbons (Fsp3) is 0.500. The Morgan fingerprint density at radius 3 is 2.44 bits per heavy atom. The van der Waals surface area contributed by atoms with Gasteiger partial charge >= 0.3 is 0 Å². The van der Waals surface area contributed by atoms with Crippen molar-refractivity contribution in [3.8, 4) is 5.75 Å². The van der Waals surface area contributed by atoms with Crippen LogP contribution in [0.25, 0.3) is 0 Å². The maximum absolute atomic E-state index is 11.3. The number of ether oxygens (including phenoxy) is 1. The van der Waals surface area contributed by atoms with Crippen LogP contribution in [0.1, 0.15) is 43.6 Å². The molecule has 1 aromatic rings. The summed E-state index contributed by atoms with van der Waals surface area (Å²) in [5.41, 5.74) is 6.80. The molecule has 0 fully saturated rings. The molecule has 18 heavy (non-hydrogen) atoms. The number of primary amides is 1. The molecule has 1 amide bonds. The fourth-order valence-corrected chi connectivity index (χ4v) is 1.57. The highest BCUT2D eigenvalue weighted by molar-refractivity contribution is 5.93. The van der Waals surface area contributed by atoms with Crippen LogP contribution in [0.5, 0.6) is 5.75 Å². The second-order valence-electron chi connectivity index (χ2n) is 4.93. The molecule has 4 heteroatoms. The van der Waals surface area contributed by atoms with Crippen molar-refractivity contribution >= 4 is 5.91 Å². The highest BCUT2D eigenvalue weighted by atomic mass is 16.5. The number of hydrogen-bond donors (Lipinski definition) is 2. The fourth-order valence-electron chi connectivity index (χ4n) is 1.57. The summed E-state index contributed by atoms with van der Waals surface area (Å²) in [4.78, 5) is 11.3. The molecule has 0 heterocycles. The lowest BCUT2D eigenvalue weighted by Crippen LogP contribution is -2.22. The zero-order chi connectivity index (χ0) is 13.7. The van der Waals surface area contributed by atoms with Gasteiger partial charge in [0.05, 0.1) is 6.10 Å². The van der Waals surface area contributed by atoms with E-state index in [2.05, 4.69) is 19.2 Å². The molecule has 0 aromatic heterocycles. The molecule has 1 aromatic carbocycles. The molecule has 0 atom stereocenters. The number of benzene rings is 1. The quantitative estimate of drug-likeness (QED) is 0.812. The molecule has 4 nitrogen and oxygen atoms in total. The second-order valence-corrected chi connectivity index (χ2v) is 4.93. The number of amides is 1. The molecule has 0 spiro atoms. The van der Waals surface area contributed by atoms with Crippen molar-refractivity contribution in [1.82, 2.24) is 5.32 Å². The van der Waals surface area contributed by atoms with Crippen molar-refractivity contribution in [2.24, 2.45) is 5.73 Å². The third-order valence-electron chi connectivity index (χ3n) is 2.34. The summed E-state index contributed by atoms with van der Waals surface area (Å²) in [5, 5.41) is 3.30. The van der Waals surface area contributed by atoms with Gasteiger partial charge in [-0.25, -0.2) is 0 Å². The van der Waals surface area contributed by atoms with Crippen LogP contribution in [-0.4, -0.2) is 18.1 Å². The first kappa shape index (κ1) is 14.5. The molecule has 0 radical (unpaired) electrons. The topological polar surface area (TPSA) is 64.3 Å². The molecule has 0 aliphatic heterocycles. The van der Waals surface area contributed by atoms with E-state index in [0.29, 0.717) is 23.9 Å². The van der Waals surface area contributed by atoms with Crippen LogP contribution in [0, 0.1) is 0 Å². The van der Waals surface area contributed by atoms with Gasteiger partial charge < -0.3 is 15.8 Å². The van der Waals surface area contributed by atoms with Crippen molar-refractivity contribution < 1.29 is 9.53 Å². The predicted octanol–water partition coefficient (Wildman–Crippen LogP) is 2.07. The Balaban J connectivity index is 2.94. The van der Waals surface area contributed by atoms with Gasteiger partial charge in [0.25, 0.3) is 0 Å². The average molecular weight is 250 g/mol. The van der Waals surface area contributed by atoms with E-state index in [4.69, 9.17) is 10.5 Å². The van der Waals surface area contributed by atoms with E-state index in [9.17, 15) is 4.79 Å². The van der Waals surface area contributed by atoms with E-state index in [-0.39, 0.29) is 6.10 Å². The molecule has 3 N–H and O–H groups in total. The van der Waals surface area contributed by atoms with E-state index in [1.807, 2.05) is 19.9 Å². The summed E-state index contributed by atoms with van der Waals surface area (Å²) in [5.74, 6) is 0.247. The second kappa shape index (κ2) is 6.40. The van der Waals surface area contributed by atoms with Gasteiger partial charge in [-0.3, -0.25) is 4.79 Å². The Morgan fingerprint density at radius 2 is 1.94 bits per heavy atom. The lowest BCUT2D eigenvalue weighted by molar-refractivity contribution is 0.0999. The Labute approximate surface area is 109 Å². The third-order valence-corrected chi connectivity index (χ3v) is 2.34. The number of carbonyl (C=O) groups excluding carboxylic acids is 1. The number of hydrogen-bond acceptors (Lipinski definition) is 3. The zero-order valence-electron chi connectivity index (χ0n) is 11.5. The Bertz CT molecular complexity index is 414. The monoisotopic (exact) mass is 250 g/mol. The molecule has 0 saturated heterocycles. The van der Waals surface area contributed by atoms with E-state index >= 15 is 0 Å². The molecule has 0 saturated carbocycles. The van der Waals surface area contributed by atoms with Crippen molar-refractivity contribution in [3.63, 3.8) is 0 Å². The van der Waals surface area contributed by atoms with Crippen LogP contribution < -0.4 is 15.8 Å². The first-order valence-corrected chi connectivity index (χ1v) is 6.22. The van der Waals surface area contributed by atoms with Gasteiger partial charge in [-0.2, -0.15) is 0 Å². The van der Waals surface area contributed by atoms with Crippen molar-refractivity contribution in [2.75, 3.05) is 0 Å². The van der Waals surface area contributed by atoms with Crippen LogP contribution in [-0.2, 0) is 6.54 Å². The molecule has 100 valence electrons. The van der Waals surface area contributed by atoms with E-state index < -0.39 is 5.91 Å². The third kappa shape index (κ3) is 4.75. The number of nitrogens with two attached hydrogens (primary N) is 1. The van der Waals surface area contributed by atoms with Crippen molar-refractivity contribution in [1.29, 1.82) is 0 Å². The van der Waals surface area contributed by atoms with Gasteiger partial charge in [0.1, 0.15) is 5.75 Å². The molecular formula is C14H22N2O2.